The molecule has 1 amide bonds. The third-order valence-electron chi connectivity index (χ3n) is 12.9. The number of hydrogen-bond acceptors (Lipinski definition) is 12. The van der Waals surface area contributed by atoms with Crippen LogP contribution in [0.1, 0.15) is 112 Å². The van der Waals surface area contributed by atoms with Crippen LogP contribution in [0.25, 0.3) is 0 Å². The number of nitrogens with one attached hydrogen (secondary N) is 3. The van der Waals surface area contributed by atoms with E-state index in [1.54, 1.807) is 13.8 Å². The van der Waals surface area contributed by atoms with Crippen LogP contribution in [0.15, 0.2) is 107 Å². The summed E-state index contributed by atoms with van der Waals surface area (Å²) in [6.07, 6.45) is 0. The minimum atomic E-state index is -0.623. The maximum atomic E-state index is 13.4. The zero-order chi connectivity index (χ0) is 52.3. The van der Waals surface area contributed by atoms with Crippen LogP contribution in [0.5, 0.6) is 0 Å². The van der Waals surface area contributed by atoms with Crippen molar-refractivity contribution in [2.45, 2.75) is 86.5 Å². The lowest BCUT2D eigenvalue weighted by Gasteiger charge is -2.15. The number of amides is 1. The van der Waals surface area contributed by atoms with Crippen LogP contribution in [0.2, 0.25) is 0 Å². The number of carbonyl (C=O) groups excluding carboxylic acids is 2. The highest BCUT2D eigenvalue weighted by Crippen LogP contribution is 2.32. The van der Waals surface area contributed by atoms with Crippen molar-refractivity contribution in [2.75, 3.05) is 45.8 Å². The van der Waals surface area contributed by atoms with Crippen LogP contribution in [0.4, 0.5) is 8.78 Å². The van der Waals surface area contributed by atoms with Crippen molar-refractivity contribution in [3.05, 3.63) is 186 Å². The first-order valence-corrected chi connectivity index (χ1v) is 24.8. The number of hydrogen-bond donors (Lipinski definition) is 4. The highest BCUT2D eigenvalue weighted by molar-refractivity contribution is 6.67. The summed E-state index contributed by atoms with van der Waals surface area (Å²) in [6, 6.07) is 28.6. The molecule has 4 unspecified atom stereocenters. The number of likely N-dealkylation sites (tertiary alicyclic amines) is 2. The molecule has 0 spiro atoms. The molecule has 5 N–H and O–H groups in total. The molecule has 0 saturated carbocycles. The molecule has 2 aliphatic rings. The number of nitrogens with zero attached hydrogens (tertiary/aromatic N) is 7. The molecule has 4 heterocycles. The van der Waals surface area contributed by atoms with Crippen molar-refractivity contribution in [1.29, 1.82) is 0 Å². The van der Waals surface area contributed by atoms with E-state index in [9.17, 15) is 28.0 Å². The predicted molar refractivity (Wildman–Crippen MR) is 278 cm³/mol. The number of H-pyrrole nitrogens is 2. The molecule has 15 nitrogen and oxygen atoms in total. The topological polar surface area (TPSA) is 199 Å². The number of carbonyl (C=O) groups is 2. The Labute approximate surface area is 425 Å². The number of benzene rings is 4. The second-order valence-electron chi connectivity index (χ2n) is 18.2. The number of aromatic nitrogens is 6. The molecule has 0 bridgehead atoms. The molecule has 0 aliphatic carbocycles. The second-order valence-corrected chi connectivity index (χ2v) is 18.5. The Morgan fingerprint density at radius 2 is 1.10 bits per heavy atom. The lowest BCUT2D eigenvalue weighted by atomic mass is 9.97. The minimum Gasteiger partial charge on any atom is -0.346 e. The van der Waals surface area contributed by atoms with Crippen molar-refractivity contribution in [3.8, 4) is 0 Å². The summed E-state index contributed by atoms with van der Waals surface area (Å²) in [4.78, 5) is 60.2. The molecule has 4 atom stereocenters. The maximum Gasteiger partial charge on any atom is 0.274 e. The van der Waals surface area contributed by atoms with Gasteiger partial charge in [0, 0.05) is 68.8 Å². The Morgan fingerprint density at radius 3 is 1.49 bits per heavy atom. The van der Waals surface area contributed by atoms with Gasteiger partial charge < -0.3 is 25.9 Å². The molecule has 2 aromatic heterocycles. The van der Waals surface area contributed by atoms with E-state index in [1.807, 2.05) is 24.3 Å². The van der Waals surface area contributed by atoms with Gasteiger partial charge in [-0.05, 0) is 103 Å². The Hall–Kier alpha value is -6.37. The molecule has 8 rings (SSSR count). The van der Waals surface area contributed by atoms with Gasteiger partial charge in [0.15, 0.2) is 0 Å². The predicted octanol–water partition coefficient (Wildman–Crippen LogP) is 7.50. The highest BCUT2D eigenvalue weighted by atomic mass is 35.5. The van der Waals surface area contributed by atoms with Crippen LogP contribution in [0, 0.1) is 37.3 Å². The quantitative estimate of drug-likeness (QED) is 0.0786. The first-order valence-electron chi connectivity index (χ1n) is 24.4. The van der Waals surface area contributed by atoms with Crippen molar-refractivity contribution in [2.24, 2.45) is 17.6 Å². The average Bonchev–Trinajstić information content (AvgIpc) is 3.93. The molecular formula is C54H68ClF2N11O4. The van der Waals surface area contributed by atoms with E-state index in [4.69, 9.17) is 17.3 Å². The minimum absolute atomic E-state index is 0.0810. The van der Waals surface area contributed by atoms with Gasteiger partial charge in [0.05, 0.1) is 6.54 Å². The molecule has 2 aliphatic heterocycles. The summed E-state index contributed by atoms with van der Waals surface area (Å²) in [5.41, 5.74) is 9.60. The largest absolute Gasteiger partial charge is 0.346 e. The van der Waals surface area contributed by atoms with Crippen molar-refractivity contribution in [3.63, 3.8) is 0 Å². The van der Waals surface area contributed by atoms with Gasteiger partial charge in [-0.15, -0.1) is 20.4 Å². The molecule has 4 aromatic carbocycles. The standard InChI is InChI=1S/C24H26FN5O2.C16H21N5O.C8H6ClFO.C6H15N/c1-15-8-9-18(25)10-19(15)23(31)26-11-21-24(32)27-22(29-28-21)20-14-30(12-16(20)2)13-17-6-4-3-5-7-17;1-11-8-21(9-12-5-3-2-4-6-12)10-13(11)15-18-16(22)14(7-17)19-20-15;1-5-2-3-6(10)4-7(5)8(9)11;1-4-7(5-2)6-3/h3-10,16,20H,11-14H2,1-2H3,(H,26,31)(H,27,29,32);2-6,11,13H,7-10,17H2,1H3,(H,18,20,22);2-4H,1H3;4-6H2,1-3H3. The summed E-state index contributed by atoms with van der Waals surface area (Å²) in [7, 11) is 0. The summed E-state index contributed by atoms with van der Waals surface area (Å²) in [6.45, 7) is 23.2. The smallest absolute Gasteiger partial charge is 0.274 e. The molecule has 2 saturated heterocycles. The van der Waals surface area contributed by atoms with Gasteiger partial charge in [-0.25, -0.2) is 8.78 Å². The van der Waals surface area contributed by atoms with E-state index in [2.05, 4.69) is 121 Å². The molecule has 384 valence electrons. The number of aryl methyl sites for hydroxylation is 2. The molecule has 18 heteroatoms. The number of rotatable bonds is 14. The summed E-state index contributed by atoms with van der Waals surface area (Å²) in [5, 5.41) is 18.4. The number of aromatic amines is 2. The molecule has 6 aromatic rings. The summed E-state index contributed by atoms with van der Waals surface area (Å²) < 4.78 is 25.9. The van der Waals surface area contributed by atoms with E-state index in [0.717, 1.165) is 45.3 Å². The fourth-order valence-electron chi connectivity index (χ4n) is 8.69. The van der Waals surface area contributed by atoms with Gasteiger partial charge in [-0.3, -0.25) is 29.0 Å². The normalized spacial score (nSPS) is 17.5. The SMILES string of the molecule is CC1CN(Cc2ccccc2)CC1c1nnc(CN)c(=O)[nH]1.CCN(CC)CC.Cc1ccc(F)cc1C(=O)Cl.Cc1ccc(F)cc1C(=O)NCc1nnc(C2CN(Cc3ccccc3)CC2C)[nH]c1=O. The fourth-order valence-corrected chi connectivity index (χ4v) is 8.90. The monoisotopic (exact) mass is 1010 g/mol. The van der Waals surface area contributed by atoms with Gasteiger partial charge in [-0.2, -0.15) is 0 Å². The summed E-state index contributed by atoms with van der Waals surface area (Å²) >= 11 is 5.17. The highest BCUT2D eigenvalue weighted by Gasteiger charge is 2.34. The van der Waals surface area contributed by atoms with E-state index in [-0.39, 0.29) is 58.6 Å². The molecule has 0 radical (unpaired) electrons. The maximum absolute atomic E-state index is 13.4. The Bertz CT molecular complexity index is 2790. The van der Waals surface area contributed by atoms with Gasteiger partial charge >= 0.3 is 0 Å². The number of nitrogens with two attached hydrogens (primary N) is 1. The van der Waals surface area contributed by atoms with Crippen molar-refractivity contribution >= 4 is 22.8 Å². The van der Waals surface area contributed by atoms with Gasteiger partial charge in [0.1, 0.15) is 34.7 Å². The fraction of sp³-hybridized carbons (Fsp3) is 0.407. The van der Waals surface area contributed by atoms with Gasteiger partial charge in [-0.1, -0.05) is 107 Å². The third kappa shape index (κ3) is 16.6. The van der Waals surface area contributed by atoms with Crippen LogP contribution >= 0.6 is 11.6 Å². The van der Waals surface area contributed by atoms with E-state index >= 15 is 0 Å². The van der Waals surface area contributed by atoms with Crippen molar-refractivity contribution in [1.82, 2.24) is 50.4 Å². The van der Waals surface area contributed by atoms with Crippen LogP contribution in [-0.2, 0) is 26.2 Å². The Morgan fingerprint density at radius 1 is 0.667 bits per heavy atom. The first kappa shape index (κ1) is 56.5. The molecular weight excluding hydrogens is 940 g/mol. The first-order chi connectivity index (χ1) is 34.5. The van der Waals surface area contributed by atoms with Crippen LogP contribution < -0.4 is 22.2 Å². The number of halogens is 3. The van der Waals surface area contributed by atoms with E-state index < -0.39 is 22.8 Å². The van der Waals surface area contributed by atoms with E-state index in [1.165, 1.54) is 61.1 Å². The summed E-state index contributed by atoms with van der Waals surface area (Å²) in [5.74, 6) is 0.873. The van der Waals surface area contributed by atoms with Crippen molar-refractivity contribution < 1.29 is 18.4 Å². The zero-order valence-electron chi connectivity index (χ0n) is 42.3. The van der Waals surface area contributed by atoms with E-state index in [0.29, 0.717) is 34.6 Å². The Balaban J connectivity index is 0.000000206. The van der Waals surface area contributed by atoms with Gasteiger partial charge in [0.25, 0.3) is 22.3 Å². The van der Waals surface area contributed by atoms with Crippen LogP contribution in [-0.4, -0.2) is 102 Å². The van der Waals surface area contributed by atoms with Gasteiger partial charge in [0.2, 0.25) is 0 Å². The molecule has 2 fully saturated rings. The lowest BCUT2D eigenvalue weighted by molar-refractivity contribution is 0.0948. The molecule has 72 heavy (non-hydrogen) atoms. The average molecular weight is 1010 g/mol. The lowest BCUT2D eigenvalue weighted by Crippen LogP contribution is -2.30. The third-order valence-corrected chi connectivity index (χ3v) is 13.2. The second kappa shape index (κ2) is 28.0. The Kier molecular flexibility index (Phi) is 22.0. The zero-order valence-corrected chi connectivity index (χ0v) is 43.1. The van der Waals surface area contributed by atoms with Crippen LogP contribution in [0.3, 0.4) is 0 Å².